The van der Waals surface area contributed by atoms with Crippen molar-refractivity contribution in [1.29, 1.82) is 0 Å². The molecule has 0 saturated heterocycles. The SMILES string of the molecule is CC(CS)C(=O)N[C@@](C)(SCc1ccc(N(C)C)cc1)C(=O)NCc1ccccc1. The van der Waals surface area contributed by atoms with Crippen molar-refractivity contribution in [2.45, 2.75) is 31.0 Å². The number of anilines is 1. The summed E-state index contributed by atoms with van der Waals surface area (Å²) < 4.78 is 0. The zero-order valence-electron chi connectivity index (χ0n) is 18.0. The molecule has 5 nitrogen and oxygen atoms in total. The monoisotopic (exact) mass is 445 g/mol. The predicted molar refractivity (Wildman–Crippen MR) is 130 cm³/mol. The Labute approximate surface area is 189 Å². The van der Waals surface area contributed by atoms with Crippen molar-refractivity contribution in [2.24, 2.45) is 5.92 Å². The smallest absolute Gasteiger partial charge is 0.256 e. The second kappa shape index (κ2) is 11.3. The average molecular weight is 446 g/mol. The second-order valence-electron chi connectivity index (χ2n) is 7.62. The van der Waals surface area contributed by atoms with E-state index in [4.69, 9.17) is 0 Å². The molecule has 2 rings (SSSR count). The Bertz CT molecular complexity index is 828. The van der Waals surface area contributed by atoms with Crippen LogP contribution in [-0.2, 0) is 21.9 Å². The highest BCUT2D eigenvalue weighted by Crippen LogP contribution is 2.28. The molecule has 0 aliphatic heterocycles. The minimum atomic E-state index is -1.09. The maximum absolute atomic E-state index is 13.1. The molecule has 0 spiro atoms. The van der Waals surface area contributed by atoms with Crippen molar-refractivity contribution in [3.63, 3.8) is 0 Å². The molecule has 0 aromatic heterocycles. The molecule has 0 saturated carbocycles. The summed E-state index contributed by atoms with van der Waals surface area (Å²) in [5, 5.41) is 5.90. The lowest BCUT2D eigenvalue weighted by atomic mass is 10.1. The van der Waals surface area contributed by atoms with Gasteiger partial charge in [-0.25, -0.2) is 0 Å². The van der Waals surface area contributed by atoms with Crippen LogP contribution >= 0.6 is 24.4 Å². The molecule has 1 unspecified atom stereocenters. The molecule has 0 heterocycles. The fourth-order valence-electron chi connectivity index (χ4n) is 2.66. The van der Waals surface area contributed by atoms with Crippen LogP contribution in [-0.4, -0.2) is 36.5 Å². The predicted octanol–water partition coefficient (Wildman–Crippen LogP) is 3.70. The van der Waals surface area contributed by atoms with Crippen LogP contribution in [0.25, 0.3) is 0 Å². The number of carbonyl (C=O) groups is 2. The number of hydrogen-bond acceptors (Lipinski definition) is 5. The first kappa shape index (κ1) is 24.2. The Balaban J connectivity index is 2.11. The molecule has 30 heavy (non-hydrogen) atoms. The maximum Gasteiger partial charge on any atom is 0.256 e. The first-order valence-corrected chi connectivity index (χ1v) is 11.5. The van der Waals surface area contributed by atoms with Crippen LogP contribution in [0.2, 0.25) is 0 Å². The lowest BCUT2D eigenvalue weighted by Gasteiger charge is -2.30. The zero-order valence-corrected chi connectivity index (χ0v) is 19.7. The first-order valence-electron chi connectivity index (χ1n) is 9.90. The molecule has 0 radical (unpaired) electrons. The molecule has 2 atom stereocenters. The van der Waals surface area contributed by atoms with Crippen molar-refractivity contribution in [2.75, 3.05) is 24.7 Å². The quantitative estimate of drug-likeness (QED) is 0.386. The highest BCUT2D eigenvalue weighted by molar-refractivity contribution is 8.00. The normalized spacial score (nSPS) is 13.8. The van der Waals surface area contributed by atoms with Crippen molar-refractivity contribution >= 4 is 41.9 Å². The van der Waals surface area contributed by atoms with E-state index in [-0.39, 0.29) is 17.7 Å². The highest BCUT2D eigenvalue weighted by Gasteiger charge is 2.36. The van der Waals surface area contributed by atoms with Gasteiger partial charge in [-0.2, -0.15) is 12.6 Å². The van der Waals surface area contributed by atoms with Crippen LogP contribution in [0.1, 0.15) is 25.0 Å². The van der Waals surface area contributed by atoms with E-state index >= 15 is 0 Å². The molecule has 2 aromatic carbocycles. The maximum atomic E-state index is 13.1. The van der Waals surface area contributed by atoms with Gasteiger partial charge >= 0.3 is 0 Å². The summed E-state index contributed by atoms with van der Waals surface area (Å²) in [6.45, 7) is 3.97. The van der Waals surface area contributed by atoms with Gasteiger partial charge in [0.05, 0.1) is 0 Å². The molecule has 2 N–H and O–H groups in total. The number of amides is 2. The fraction of sp³-hybridized carbons (Fsp3) is 0.391. The summed E-state index contributed by atoms with van der Waals surface area (Å²) in [5.41, 5.74) is 3.21. The Hall–Kier alpha value is -2.12. The Kier molecular flexibility index (Phi) is 9.11. The van der Waals surface area contributed by atoms with Gasteiger partial charge in [0, 0.05) is 43.8 Å². The lowest BCUT2D eigenvalue weighted by molar-refractivity contribution is -0.131. The standard InChI is InChI=1S/C23H31N3O2S2/c1-17(15-29)21(27)25-23(2,22(28)24-14-18-8-6-5-7-9-18)30-16-19-10-12-20(13-11-19)26(3)4/h5-13,17,29H,14-16H2,1-4H3,(H,24,28)(H,25,27)/t17?,23-/m0/s1. The third-order valence-corrected chi connectivity index (χ3v) is 6.68. The van der Waals surface area contributed by atoms with E-state index in [0.717, 1.165) is 16.8 Å². The molecule has 0 aliphatic rings. The molecule has 2 amide bonds. The van der Waals surface area contributed by atoms with Gasteiger partial charge in [-0.15, -0.1) is 11.8 Å². The van der Waals surface area contributed by atoms with E-state index in [1.54, 1.807) is 13.8 Å². The minimum absolute atomic E-state index is 0.183. The van der Waals surface area contributed by atoms with E-state index in [9.17, 15) is 9.59 Å². The number of benzene rings is 2. The van der Waals surface area contributed by atoms with Gasteiger partial charge in [0.1, 0.15) is 0 Å². The van der Waals surface area contributed by atoms with E-state index in [2.05, 4.69) is 23.3 Å². The molecule has 162 valence electrons. The van der Waals surface area contributed by atoms with Gasteiger partial charge in [0.15, 0.2) is 4.87 Å². The molecule has 7 heteroatoms. The van der Waals surface area contributed by atoms with Crippen LogP contribution in [0.3, 0.4) is 0 Å². The Morgan fingerprint density at radius 1 is 1.07 bits per heavy atom. The topological polar surface area (TPSA) is 61.4 Å². The summed E-state index contributed by atoms with van der Waals surface area (Å²) >= 11 is 5.62. The first-order chi connectivity index (χ1) is 14.2. The van der Waals surface area contributed by atoms with E-state index < -0.39 is 4.87 Å². The number of hydrogen-bond donors (Lipinski definition) is 3. The van der Waals surface area contributed by atoms with Crippen molar-refractivity contribution in [3.05, 3.63) is 65.7 Å². The van der Waals surface area contributed by atoms with E-state index in [1.165, 1.54) is 11.8 Å². The van der Waals surface area contributed by atoms with Crippen LogP contribution in [0.15, 0.2) is 54.6 Å². The van der Waals surface area contributed by atoms with Gasteiger partial charge in [-0.05, 0) is 30.2 Å². The summed E-state index contributed by atoms with van der Waals surface area (Å²) in [5.74, 6) is 0.330. The summed E-state index contributed by atoms with van der Waals surface area (Å²) in [7, 11) is 3.99. The van der Waals surface area contributed by atoms with Gasteiger partial charge < -0.3 is 15.5 Å². The molecule has 0 aliphatic carbocycles. The zero-order chi connectivity index (χ0) is 22.1. The highest BCUT2D eigenvalue weighted by atomic mass is 32.2. The van der Waals surface area contributed by atoms with Crippen molar-refractivity contribution in [1.82, 2.24) is 10.6 Å². The third-order valence-electron chi connectivity index (χ3n) is 4.79. The molecule has 2 aromatic rings. The van der Waals surface area contributed by atoms with Gasteiger partial charge in [-0.1, -0.05) is 49.4 Å². The van der Waals surface area contributed by atoms with Gasteiger partial charge in [0.2, 0.25) is 5.91 Å². The molecular weight excluding hydrogens is 414 g/mol. The fourth-order valence-corrected chi connectivity index (χ4v) is 3.85. The number of thiol groups is 1. The Morgan fingerprint density at radius 3 is 2.27 bits per heavy atom. The average Bonchev–Trinajstić information content (AvgIpc) is 2.76. The summed E-state index contributed by atoms with van der Waals surface area (Å²) in [4.78, 5) is 26.6. The van der Waals surface area contributed by atoms with Crippen molar-refractivity contribution < 1.29 is 9.59 Å². The summed E-state index contributed by atoms with van der Waals surface area (Å²) in [6, 6.07) is 17.9. The summed E-state index contributed by atoms with van der Waals surface area (Å²) in [6.07, 6.45) is 0. The number of carbonyl (C=O) groups excluding carboxylic acids is 2. The largest absolute Gasteiger partial charge is 0.378 e. The van der Waals surface area contributed by atoms with Crippen LogP contribution in [0.4, 0.5) is 5.69 Å². The Morgan fingerprint density at radius 2 is 1.70 bits per heavy atom. The number of thioether (sulfide) groups is 1. The van der Waals surface area contributed by atoms with Crippen LogP contribution in [0, 0.1) is 5.92 Å². The lowest BCUT2D eigenvalue weighted by Crippen LogP contribution is -2.55. The van der Waals surface area contributed by atoms with E-state index in [0.29, 0.717) is 18.1 Å². The number of rotatable bonds is 10. The van der Waals surface area contributed by atoms with Gasteiger partial charge in [0.25, 0.3) is 5.91 Å². The van der Waals surface area contributed by atoms with Gasteiger partial charge in [-0.3, -0.25) is 9.59 Å². The second-order valence-corrected chi connectivity index (χ2v) is 9.38. The molecular formula is C23H31N3O2S2. The molecule has 0 bridgehead atoms. The number of nitrogens with zero attached hydrogens (tertiary/aromatic N) is 1. The van der Waals surface area contributed by atoms with Crippen LogP contribution < -0.4 is 15.5 Å². The van der Waals surface area contributed by atoms with E-state index in [1.807, 2.05) is 73.6 Å². The minimum Gasteiger partial charge on any atom is -0.378 e. The number of nitrogens with one attached hydrogen (secondary N) is 2. The van der Waals surface area contributed by atoms with Crippen molar-refractivity contribution in [3.8, 4) is 0 Å². The molecule has 0 fully saturated rings. The van der Waals surface area contributed by atoms with Crippen LogP contribution in [0.5, 0.6) is 0 Å². The third kappa shape index (κ3) is 6.99.